The van der Waals surface area contributed by atoms with Crippen molar-refractivity contribution < 1.29 is 0 Å². The summed E-state index contributed by atoms with van der Waals surface area (Å²) in [4.78, 5) is 2.49. The number of hydrogen-bond donors (Lipinski definition) is 2. The molecule has 0 fully saturated rings. The Balaban J connectivity index is 1.88. The van der Waals surface area contributed by atoms with Gasteiger partial charge in [0.1, 0.15) is 0 Å². The molecule has 0 amide bonds. The Kier molecular flexibility index (Phi) is 5.03. The standard InChI is InChI=1S/C28H22N2S/c29-23-15-11-19(12-16-23)25-26(20-13-17-24(30)18-14-20)28(22-9-5-2-6-10-22)31-27(25)21-7-3-1-4-8-21/h1-18H,29-30H2. The molecule has 0 bridgehead atoms. The Hall–Kier alpha value is -3.82. The molecule has 5 rings (SSSR count). The number of hydrogen-bond acceptors (Lipinski definition) is 3. The van der Waals surface area contributed by atoms with Crippen LogP contribution in [0.25, 0.3) is 43.1 Å². The lowest BCUT2D eigenvalue weighted by atomic mass is 9.91. The van der Waals surface area contributed by atoms with E-state index < -0.39 is 0 Å². The van der Waals surface area contributed by atoms with Crippen molar-refractivity contribution in [3.8, 4) is 43.1 Å². The van der Waals surface area contributed by atoms with Crippen LogP contribution < -0.4 is 11.5 Å². The molecular weight excluding hydrogens is 396 g/mol. The molecule has 0 aliphatic heterocycles. The van der Waals surface area contributed by atoms with E-state index in [0.717, 1.165) is 22.5 Å². The fourth-order valence-electron chi connectivity index (χ4n) is 3.87. The largest absolute Gasteiger partial charge is 0.399 e. The Bertz CT molecular complexity index is 1200. The quantitative estimate of drug-likeness (QED) is 0.296. The molecule has 0 spiro atoms. The van der Waals surface area contributed by atoms with E-state index in [2.05, 4.69) is 84.9 Å². The number of benzene rings is 4. The maximum absolute atomic E-state index is 6.00. The molecule has 0 unspecified atom stereocenters. The summed E-state index contributed by atoms with van der Waals surface area (Å²) in [6, 6.07) is 37.5. The molecule has 5 aromatic rings. The minimum Gasteiger partial charge on any atom is -0.399 e. The van der Waals surface area contributed by atoms with Gasteiger partial charge >= 0.3 is 0 Å². The third kappa shape index (κ3) is 3.72. The third-order valence-electron chi connectivity index (χ3n) is 5.38. The van der Waals surface area contributed by atoms with Gasteiger partial charge in [-0.15, -0.1) is 11.3 Å². The van der Waals surface area contributed by atoms with Crippen LogP contribution in [0.4, 0.5) is 11.4 Å². The predicted molar refractivity (Wildman–Crippen MR) is 135 cm³/mol. The molecule has 0 saturated heterocycles. The highest BCUT2D eigenvalue weighted by molar-refractivity contribution is 7.20. The van der Waals surface area contributed by atoms with Crippen LogP contribution in [-0.4, -0.2) is 0 Å². The topological polar surface area (TPSA) is 52.0 Å². The Morgan fingerprint density at radius 3 is 1.10 bits per heavy atom. The summed E-state index contributed by atoms with van der Waals surface area (Å²) in [5, 5.41) is 0. The molecule has 0 atom stereocenters. The zero-order valence-electron chi connectivity index (χ0n) is 17.0. The first kappa shape index (κ1) is 19.2. The second-order valence-corrected chi connectivity index (χ2v) is 8.51. The lowest BCUT2D eigenvalue weighted by Crippen LogP contribution is -1.89. The SMILES string of the molecule is Nc1ccc(-c2c(-c3ccccc3)sc(-c3ccccc3)c2-c2ccc(N)cc2)cc1. The Morgan fingerprint density at radius 2 is 0.742 bits per heavy atom. The first-order valence-corrected chi connectivity index (χ1v) is 11.0. The summed E-state index contributed by atoms with van der Waals surface area (Å²) in [5.74, 6) is 0. The van der Waals surface area contributed by atoms with Crippen LogP contribution in [0.2, 0.25) is 0 Å². The van der Waals surface area contributed by atoms with Gasteiger partial charge in [0.05, 0.1) is 0 Å². The molecule has 4 aromatic carbocycles. The van der Waals surface area contributed by atoms with E-state index in [1.165, 1.54) is 32.0 Å². The number of nitrogens with two attached hydrogens (primary N) is 2. The molecule has 4 N–H and O–H groups in total. The van der Waals surface area contributed by atoms with Crippen molar-refractivity contribution in [2.75, 3.05) is 11.5 Å². The van der Waals surface area contributed by atoms with E-state index in [1.54, 1.807) is 0 Å². The molecular formula is C28H22N2S. The summed E-state index contributed by atoms with van der Waals surface area (Å²) in [6.45, 7) is 0. The summed E-state index contributed by atoms with van der Waals surface area (Å²) < 4.78 is 0. The minimum atomic E-state index is 0.762. The maximum Gasteiger partial charge on any atom is 0.0434 e. The van der Waals surface area contributed by atoms with E-state index >= 15 is 0 Å². The van der Waals surface area contributed by atoms with Crippen molar-refractivity contribution in [1.29, 1.82) is 0 Å². The molecule has 150 valence electrons. The van der Waals surface area contributed by atoms with Gasteiger partial charge in [-0.3, -0.25) is 0 Å². The highest BCUT2D eigenvalue weighted by Gasteiger charge is 2.23. The monoisotopic (exact) mass is 418 g/mol. The molecule has 1 aromatic heterocycles. The number of thiophene rings is 1. The van der Waals surface area contributed by atoms with Gasteiger partial charge in [0.25, 0.3) is 0 Å². The van der Waals surface area contributed by atoms with Crippen LogP contribution in [0, 0.1) is 0 Å². The van der Waals surface area contributed by atoms with E-state index in [0.29, 0.717) is 0 Å². The van der Waals surface area contributed by atoms with Crippen LogP contribution in [-0.2, 0) is 0 Å². The van der Waals surface area contributed by atoms with Gasteiger partial charge in [-0.05, 0) is 46.5 Å². The van der Waals surface area contributed by atoms with Crippen LogP contribution in [0.5, 0.6) is 0 Å². The highest BCUT2D eigenvalue weighted by Crippen LogP contribution is 2.52. The zero-order chi connectivity index (χ0) is 21.2. The van der Waals surface area contributed by atoms with Gasteiger partial charge in [-0.25, -0.2) is 0 Å². The van der Waals surface area contributed by atoms with Crippen LogP contribution in [0.3, 0.4) is 0 Å². The molecule has 0 aliphatic carbocycles. The summed E-state index contributed by atoms with van der Waals surface area (Å²) >= 11 is 1.83. The minimum absolute atomic E-state index is 0.762. The normalized spacial score (nSPS) is 10.8. The molecule has 3 heteroatoms. The smallest absolute Gasteiger partial charge is 0.0434 e. The maximum atomic E-state index is 6.00. The van der Waals surface area contributed by atoms with E-state index in [4.69, 9.17) is 11.5 Å². The first-order chi connectivity index (χ1) is 15.2. The van der Waals surface area contributed by atoms with Gasteiger partial charge in [0.15, 0.2) is 0 Å². The molecule has 0 saturated carbocycles. The lowest BCUT2D eigenvalue weighted by molar-refractivity contribution is 1.61. The average molecular weight is 419 g/mol. The summed E-state index contributed by atoms with van der Waals surface area (Å²) in [7, 11) is 0. The summed E-state index contributed by atoms with van der Waals surface area (Å²) in [5.41, 5.74) is 20.7. The second-order valence-electron chi connectivity index (χ2n) is 7.49. The highest BCUT2D eigenvalue weighted by atomic mass is 32.1. The van der Waals surface area contributed by atoms with Crippen molar-refractivity contribution in [3.63, 3.8) is 0 Å². The predicted octanol–water partition coefficient (Wildman–Crippen LogP) is 7.58. The van der Waals surface area contributed by atoms with Gasteiger partial charge in [0.2, 0.25) is 0 Å². The lowest BCUT2D eigenvalue weighted by Gasteiger charge is -2.11. The summed E-state index contributed by atoms with van der Waals surface area (Å²) in [6.07, 6.45) is 0. The number of anilines is 2. The zero-order valence-corrected chi connectivity index (χ0v) is 17.8. The van der Waals surface area contributed by atoms with Crippen molar-refractivity contribution >= 4 is 22.7 Å². The second kappa shape index (κ2) is 8.13. The van der Waals surface area contributed by atoms with Crippen molar-refractivity contribution in [2.24, 2.45) is 0 Å². The first-order valence-electron chi connectivity index (χ1n) is 10.2. The molecule has 2 nitrogen and oxygen atoms in total. The van der Waals surface area contributed by atoms with Crippen molar-refractivity contribution in [3.05, 3.63) is 109 Å². The van der Waals surface area contributed by atoms with E-state index in [1.807, 2.05) is 35.6 Å². The van der Waals surface area contributed by atoms with Gasteiger partial charge in [-0.2, -0.15) is 0 Å². The molecule has 31 heavy (non-hydrogen) atoms. The average Bonchev–Trinajstić information content (AvgIpc) is 3.22. The Labute approximate surface area is 186 Å². The fourth-order valence-corrected chi connectivity index (χ4v) is 5.22. The van der Waals surface area contributed by atoms with Gasteiger partial charge in [0, 0.05) is 32.3 Å². The number of nitrogen functional groups attached to an aromatic ring is 2. The van der Waals surface area contributed by atoms with E-state index in [9.17, 15) is 0 Å². The van der Waals surface area contributed by atoms with Crippen molar-refractivity contribution in [1.82, 2.24) is 0 Å². The van der Waals surface area contributed by atoms with Gasteiger partial charge < -0.3 is 11.5 Å². The number of rotatable bonds is 4. The van der Waals surface area contributed by atoms with Gasteiger partial charge in [-0.1, -0.05) is 84.9 Å². The molecule has 0 aliphatic rings. The third-order valence-corrected chi connectivity index (χ3v) is 6.67. The van der Waals surface area contributed by atoms with Crippen LogP contribution in [0.1, 0.15) is 0 Å². The molecule has 1 heterocycles. The molecule has 0 radical (unpaired) electrons. The fraction of sp³-hybridized carbons (Fsp3) is 0. The van der Waals surface area contributed by atoms with Crippen molar-refractivity contribution in [2.45, 2.75) is 0 Å². The van der Waals surface area contributed by atoms with Crippen LogP contribution >= 0.6 is 11.3 Å². The Morgan fingerprint density at radius 1 is 0.387 bits per heavy atom. The van der Waals surface area contributed by atoms with Crippen LogP contribution in [0.15, 0.2) is 109 Å². The van der Waals surface area contributed by atoms with E-state index in [-0.39, 0.29) is 0 Å².